The Labute approximate surface area is 203 Å². The van der Waals surface area contributed by atoms with Gasteiger partial charge in [0.25, 0.3) is 0 Å². The van der Waals surface area contributed by atoms with Gasteiger partial charge in [-0.25, -0.2) is 0 Å². The molecule has 1 N–H and O–H groups in total. The molecular weight excluding hydrogens is 430 g/mol. The van der Waals surface area contributed by atoms with E-state index in [0.29, 0.717) is 17.6 Å². The van der Waals surface area contributed by atoms with Gasteiger partial charge in [-0.3, -0.25) is 14.8 Å². The number of nitrogens with zero attached hydrogens (tertiary/aromatic N) is 3. The van der Waals surface area contributed by atoms with E-state index in [0.717, 1.165) is 54.1 Å². The first-order valence-corrected chi connectivity index (χ1v) is 12.3. The van der Waals surface area contributed by atoms with Crippen molar-refractivity contribution in [3.05, 3.63) is 35.8 Å². The van der Waals surface area contributed by atoms with Gasteiger partial charge in [-0.15, -0.1) is 0 Å². The molecule has 1 atom stereocenters. The number of carbonyl (C=O) groups excluding carboxylic acids is 1. The van der Waals surface area contributed by atoms with Crippen LogP contribution in [0.1, 0.15) is 65.1 Å². The molecule has 186 valence electrons. The monoisotopic (exact) mass is 469 g/mol. The van der Waals surface area contributed by atoms with Crippen LogP contribution >= 0.6 is 0 Å². The van der Waals surface area contributed by atoms with Crippen LogP contribution in [-0.4, -0.2) is 52.9 Å². The molecule has 34 heavy (non-hydrogen) atoms. The Kier molecular flexibility index (Phi) is 8.52. The Morgan fingerprint density at radius 3 is 2.47 bits per heavy atom. The molecule has 1 aliphatic rings. The van der Waals surface area contributed by atoms with Gasteiger partial charge < -0.3 is 19.5 Å². The fourth-order valence-electron chi connectivity index (χ4n) is 4.11. The molecule has 3 heterocycles. The summed E-state index contributed by atoms with van der Waals surface area (Å²) < 4.78 is 11.1. The quantitative estimate of drug-likeness (QED) is 0.532. The first-order valence-electron chi connectivity index (χ1n) is 12.3. The van der Waals surface area contributed by atoms with Crippen molar-refractivity contribution in [3.63, 3.8) is 0 Å². The summed E-state index contributed by atoms with van der Waals surface area (Å²) in [6.45, 7) is 14.2. The number of anilines is 1. The first kappa shape index (κ1) is 25.9. The number of carbonyl (C=O) groups is 1. The molecule has 0 amide bonds. The second-order valence-electron chi connectivity index (χ2n) is 10.2. The highest BCUT2D eigenvalue weighted by Gasteiger charge is 2.30. The zero-order valence-corrected chi connectivity index (χ0v) is 21.4. The van der Waals surface area contributed by atoms with Crippen molar-refractivity contribution in [2.24, 2.45) is 5.41 Å². The molecule has 0 aromatic carbocycles. The minimum absolute atomic E-state index is 0.163. The van der Waals surface area contributed by atoms with Crippen LogP contribution in [0, 0.1) is 12.3 Å². The van der Waals surface area contributed by atoms with E-state index in [-0.39, 0.29) is 25.1 Å². The van der Waals surface area contributed by atoms with Crippen molar-refractivity contribution in [1.82, 2.24) is 9.97 Å². The first-order chi connectivity index (χ1) is 16.1. The minimum atomic E-state index is -0.496. The maximum absolute atomic E-state index is 12.6. The van der Waals surface area contributed by atoms with Gasteiger partial charge in [0.15, 0.2) is 0 Å². The van der Waals surface area contributed by atoms with E-state index in [4.69, 9.17) is 9.47 Å². The van der Waals surface area contributed by atoms with Gasteiger partial charge in [0.1, 0.15) is 12.4 Å². The second-order valence-corrected chi connectivity index (χ2v) is 10.2. The van der Waals surface area contributed by atoms with E-state index in [1.165, 1.54) is 0 Å². The van der Waals surface area contributed by atoms with E-state index in [1.54, 1.807) is 6.20 Å². The number of piperidine rings is 1. The summed E-state index contributed by atoms with van der Waals surface area (Å²) in [6, 6.07) is 3.77. The number of pyridine rings is 2. The molecule has 1 unspecified atom stereocenters. The van der Waals surface area contributed by atoms with Crippen molar-refractivity contribution >= 4 is 11.7 Å². The van der Waals surface area contributed by atoms with Crippen molar-refractivity contribution in [3.8, 4) is 17.0 Å². The molecule has 1 aliphatic heterocycles. The standard InChI is InChI=1S/C27H39N3O4/c1-7-20(31)17-33-21-8-9-24(29-15-21)23-16-28-19(4)22(14-25(32)34-18(2)3)26(23)30-12-10-27(5,6)11-13-30/h8-9,15-16,18,20,31H,7,10-14,17H2,1-6H3. The third-order valence-corrected chi connectivity index (χ3v) is 6.41. The Hall–Kier alpha value is -2.67. The summed E-state index contributed by atoms with van der Waals surface area (Å²) in [5.41, 5.74) is 4.72. The number of ether oxygens (including phenoxy) is 2. The number of rotatable bonds is 9. The Morgan fingerprint density at radius 1 is 1.18 bits per heavy atom. The van der Waals surface area contributed by atoms with E-state index in [1.807, 2.05) is 46.0 Å². The van der Waals surface area contributed by atoms with Crippen LogP contribution in [0.3, 0.4) is 0 Å². The molecular formula is C27H39N3O4. The topological polar surface area (TPSA) is 84.8 Å². The third-order valence-electron chi connectivity index (χ3n) is 6.41. The lowest BCUT2D eigenvalue weighted by Gasteiger charge is -2.40. The van der Waals surface area contributed by atoms with Crippen LogP contribution in [0.4, 0.5) is 5.69 Å². The van der Waals surface area contributed by atoms with Gasteiger partial charge in [-0.2, -0.15) is 0 Å². The van der Waals surface area contributed by atoms with Crippen molar-refractivity contribution in [2.45, 2.75) is 79.4 Å². The molecule has 2 aromatic rings. The van der Waals surface area contributed by atoms with E-state index in [9.17, 15) is 9.90 Å². The third kappa shape index (κ3) is 6.69. The zero-order valence-electron chi connectivity index (χ0n) is 21.4. The molecule has 2 aromatic heterocycles. The predicted octanol–water partition coefficient (Wildman–Crippen LogP) is 4.72. The summed E-state index contributed by atoms with van der Waals surface area (Å²) in [6.07, 6.45) is 5.83. The second kappa shape index (κ2) is 11.2. The lowest BCUT2D eigenvalue weighted by molar-refractivity contribution is -0.146. The van der Waals surface area contributed by atoms with Gasteiger partial charge in [0.05, 0.1) is 36.2 Å². The smallest absolute Gasteiger partial charge is 0.310 e. The summed E-state index contributed by atoms with van der Waals surface area (Å²) in [4.78, 5) is 24.3. The van der Waals surface area contributed by atoms with Gasteiger partial charge in [-0.1, -0.05) is 20.8 Å². The molecule has 7 nitrogen and oxygen atoms in total. The van der Waals surface area contributed by atoms with Crippen LogP contribution < -0.4 is 9.64 Å². The van der Waals surface area contributed by atoms with Crippen LogP contribution in [-0.2, 0) is 16.0 Å². The molecule has 0 aliphatic carbocycles. The summed E-state index contributed by atoms with van der Waals surface area (Å²) in [7, 11) is 0. The van der Waals surface area contributed by atoms with Gasteiger partial charge in [0, 0.05) is 36.1 Å². The van der Waals surface area contributed by atoms with Crippen LogP contribution in [0.2, 0.25) is 0 Å². The molecule has 1 saturated heterocycles. The van der Waals surface area contributed by atoms with Crippen molar-refractivity contribution in [1.29, 1.82) is 0 Å². The molecule has 0 radical (unpaired) electrons. The van der Waals surface area contributed by atoms with Crippen LogP contribution in [0.5, 0.6) is 5.75 Å². The number of aromatic nitrogens is 2. The lowest BCUT2D eigenvalue weighted by atomic mass is 9.82. The number of aliphatic hydroxyl groups excluding tert-OH is 1. The minimum Gasteiger partial charge on any atom is -0.489 e. The number of hydrogen-bond acceptors (Lipinski definition) is 7. The maximum Gasteiger partial charge on any atom is 0.310 e. The highest BCUT2D eigenvalue weighted by molar-refractivity contribution is 5.84. The maximum atomic E-state index is 12.6. The normalized spacial score (nSPS) is 16.4. The largest absolute Gasteiger partial charge is 0.489 e. The van der Waals surface area contributed by atoms with Gasteiger partial charge in [0.2, 0.25) is 0 Å². The highest BCUT2D eigenvalue weighted by Crippen LogP contribution is 2.39. The fraction of sp³-hybridized carbons (Fsp3) is 0.593. The number of aryl methyl sites for hydroxylation is 1. The van der Waals surface area contributed by atoms with E-state index >= 15 is 0 Å². The van der Waals surface area contributed by atoms with Crippen LogP contribution in [0.15, 0.2) is 24.5 Å². The molecule has 0 saturated carbocycles. The van der Waals surface area contributed by atoms with E-state index in [2.05, 4.69) is 28.7 Å². The Balaban J connectivity index is 1.97. The SMILES string of the molecule is CCC(O)COc1ccc(-c2cnc(C)c(CC(=O)OC(C)C)c2N2CCC(C)(C)CC2)nc1. The molecule has 0 spiro atoms. The van der Waals surface area contributed by atoms with Gasteiger partial charge >= 0.3 is 5.97 Å². The summed E-state index contributed by atoms with van der Waals surface area (Å²) in [5.74, 6) is 0.361. The number of hydrogen-bond donors (Lipinski definition) is 1. The average molecular weight is 470 g/mol. The molecule has 0 bridgehead atoms. The zero-order chi connectivity index (χ0) is 24.9. The van der Waals surface area contributed by atoms with Gasteiger partial charge in [-0.05, 0) is 57.6 Å². The number of aliphatic hydroxyl groups is 1. The Bertz CT molecular complexity index is 963. The molecule has 3 rings (SSSR count). The molecule has 7 heteroatoms. The average Bonchev–Trinajstić information content (AvgIpc) is 2.79. The number of esters is 1. The van der Waals surface area contributed by atoms with Crippen LogP contribution in [0.25, 0.3) is 11.3 Å². The fourth-order valence-corrected chi connectivity index (χ4v) is 4.11. The van der Waals surface area contributed by atoms with E-state index < -0.39 is 6.10 Å². The van der Waals surface area contributed by atoms with Crippen molar-refractivity contribution < 1.29 is 19.4 Å². The highest BCUT2D eigenvalue weighted by atomic mass is 16.5. The summed E-state index contributed by atoms with van der Waals surface area (Å²) >= 11 is 0. The van der Waals surface area contributed by atoms with Crippen molar-refractivity contribution in [2.75, 3.05) is 24.6 Å². The summed E-state index contributed by atoms with van der Waals surface area (Å²) in [5, 5.41) is 9.76. The predicted molar refractivity (Wildman–Crippen MR) is 134 cm³/mol. The Morgan fingerprint density at radius 2 is 1.88 bits per heavy atom. The molecule has 1 fully saturated rings. The lowest BCUT2D eigenvalue weighted by Crippen LogP contribution is -2.38.